The lowest BCUT2D eigenvalue weighted by atomic mass is 10.1. The number of likely N-dealkylation sites (N-methyl/N-ethyl adjacent to an activating group) is 1. The number of nitrogens with zero attached hydrogens (tertiary/aromatic N) is 2. The molecule has 1 aromatic carbocycles. The van der Waals surface area contributed by atoms with Crippen molar-refractivity contribution in [3.63, 3.8) is 0 Å². The first kappa shape index (κ1) is 11.5. The molecule has 0 N–H and O–H groups in total. The van der Waals surface area contributed by atoms with Gasteiger partial charge in [-0.1, -0.05) is 12.1 Å². The quantitative estimate of drug-likeness (QED) is 0.750. The molecule has 0 amide bonds. The Bertz CT molecular complexity index is 366. The molecule has 0 aromatic heterocycles. The summed E-state index contributed by atoms with van der Waals surface area (Å²) in [6, 6.07) is 7.73. The van der Waals surface area contributed by atoms with Crippen LogP contribution in [0.3, 0.4) is 0 Å². The maximum Gasteiger partial charge on any atom is 0.140 e. The van der Waals surface area contributed by atoms with Gasteiger partial charge in [-0.2, -0.15) is 5.26 Å². The van der Waals surface area contributed by atoms with Gasteiger partial charge in [0.2, 0.25) is 0 Å². The zero-order valence-electron chi connectivity index (χ0n) is 9.45. The molecule has 0 radical (unpaired) electrons. The molecule has 1 rings (SSSR count). The second kappa shape index (κ2) is 5.38. The Balaban J connectivity index is 2.71. The van der Waals surface area contributed by atoms with Gasteiger partial charge < -0.3 is 9.64 Å². The van der Waals surface area contributed by atoms with Gasteiger partial charge in [-0.15, -0.1) is 0 Å². The number of rotatable bonds is 4. The maximum atomic E-state index is 8.91. The summed E-state index contributed by atoms with van der Waals surface area (Å²) in [6.07, 6.45) is 0. The van der Waals surface area contributed by atoms with E-state index < -0.39 is 0 Å². The van der Waals surface area contributed by atoms with Crippen LogP contribution in [0.2, 0.25) is 0 Å². The van der Waals surface area contributed by atoms with Crippen molar-refractivity contribution in [1.82, 2.24) is 4.90 Å². The molecule has 0 bridgehead atoms. The molecular formula is C12H16N2O. The first-order valence-electron chi connectivity index (χ1n) is 4.92. The van der Waals surface area contributed by atoms with E-state index in [9.17, 15) is 0 Å². The molecule has 0 fully saturated rings. The third kappa shape index (κ3) is 3.26. The van der Waals surface area contributed by atoms with Crippen molar-refractivity contribution in [2.75, 3.05) is 27.2 Å². The number of ether oxygens (including phenoxy) is 1. The summed E-state index contributed by atoms with van der Waals surface area (Å²) in [5.41, 5.74) is 1.61. The Morgan fingerprint density at radius 1 is 1.40 bits per heavy atom. The lowest BCUT2D eigenvalue weighted by Crippen LogP contribution is -2.19. The van der Waals surface area contributed by atoms with Gasteiger partial charge in [-0.05, 0) is 32.6 Å². The second-order valence-corrected chi connectivity index (χ2v) is 3.72. The monoisotopic (exact) mass is 204 g/mol. The Labute approximate surface area is 90.9 Å². The van der Waals surface area contributed by atoms with Gasteiger partial charge in [0.15, 0.2) is 0 Å². The van der Waals surface area contributed by atoms with Gasteiger partial charge in [-0.3, -0.25) is 0 Å². The zero-order valence-corrected chi connectivity index (χ0v) is 9.45. The minimum atomic E-state index is 0.604. The fourth-order valence-electron chi connectivity index (χ4n) is 1.26. The molecule has 80 valence electrons. The minimum Gasteiger partial charge on any atom is -0.491 e. The van der Waals surface area contributed by atoms with E-state index in [0.29, 0.717) is 17.9 Å². The Morgan fingerprint density at radius 3 is 2.73 bits per heavy atom. The van der Waals surface area contributed by atoms with Crippen LogP contribution in [-0.4, -0.2) is 32.1 Å². The summed E-state index contributed by atoms with van der Waals surface area (Å²) in [5, 5.41) is 8.91. The van der Waals surface area contributed by atoms with E-state index in [1.54, 1.807) is 6.07 Å². The Morgan fingerprint density at radius 2 is 2.13 bits per heavy atom. The number of hydrogen-bond donors (Lipinski definition) is 0. The van der Waals surface area contributed by atoms with Crippen molar-refractivity contribution in [1.29, 1.82) is 5.26 Å². The van der Waals surface area contributed by atoms with Crippen molar-refractivity contribution < 1.29 is 4.74 Å². The van der Waals surface area contributed by atoms with E-state index in [0.717, 1.165) is 12.1 Å². The van der Waals surface area contributed by atoms with Crippen molar-refractivity contribution in [2.45, 2.75) is 6.92 Å². The molecule has 0 aliphatic rings. The maximum absolute atomic E-state index is 8.91. The molecule has 0 atom stereocenters. The van der Waals surface area contributed by atoms with Crippen molar-refractivity contribution in [3.05, 3.63) is 29.3 Å². The zero-order chi connectivity index (χ0) is 11.3. The van der Waals surface area contributed by atoms with E-state index in [4.69, 9.17) is 10.00 Å². The lowest BCUT2D eigenvalue weighted by Gasteiger charge is -2.13. The average Bonchev–Trinajstić information content (AvgIpc) is 2.20. The highest BCUT2D eigenvalue weighted by atomic mass is 16.5. The summed E-state index contributed by atoms with van der Waals surface area (Å²) in [7, 11) is 3.98. The molecular weight excluding hydrogens is 188 g/mol. The molecule has 0 saturated heterocycles. The minimum absolute atomic E-state index is 0.604. The normalized spacial score (nSPS) is 10.1. The smallest absolute Gasteiger partial charge is 0.140 e. The third-order valence-corrected chi connectivity index (χ3v) is 2.12. The second-order valence-electron chi connectivity index (χ2n) is 3.72. The number of benzene rings is 1. The molecule has 0 heterocycles. The fourth-order valence-corrected chi connectivity index (χ4v) is 1.26. The van der Waals surface area contributed by atoms with Crippen LogP contribution >= 0.6 is 0 Å². The molecule has 3 nitrogen and oxygen atoms in total. The molecule has 3 heteroatoms. The van der Waals surface area contributed by atoms with Crippen molar-refractivity contribution >= 4 is 0 Å². The summed E-state index contributed by atoms with van der Waals surface area (Å²) >= 11 is 0. The van der Waals surface area contributed by atoms with Gasteiger partial charge in [0.05, 0.1) is 5.56 Å². The highest BCUT2D eigenvalue weighted by molar-refractivity contribution is 5.47. The lowest BCUT2D eigenvalue weighted by molar-refractivity contribution is 0.259. The molecule has 0 unspecified atom stereocenters. The van der Waals surface area contributed by atoms with Crippen LogP contribution in [0.1, 0.15) is 11.1 Å². The fraction of sp³-hybridized carbons (Fsp3) is 0.417. The standard InChI is InChI=1S/C12H16N2O/c1-10-5-4-6-11(9-13)12(10)15-8-7-14(2)3/h4-6H,7-8H2,1-3H3. The van der Waals surface area contributed by atoms with Crippen LogP contribution in [0.15, 0.2) is 18.2 Å². The highest BCUT2D eigenvalue weighted by Gasteiger charge is 2.05. The molecule has 0 saturated carbocycles. The first-order valence-corrected chi connectivity index (χ1v) is 4.92. The van der Waals surface area contributed by atoms with Gasteiger partial charge in [0.1, 0.15) is 18.4 Å². The van der Waals surface area contributed by atoms with Crippen LogP contribution in [0, 0.1) is 18.3 Å². The molecule has 0 aliphatic heterocycles. The summed E-state index contributed by atoms with van der Waals surface area (Å²) in [4.78, 5) is 2.05. The van der Waals surface area contributed by atoms with Crippen LogP contribution < -0.4 is 4.74 Å². The summed E-state index contributed by atoms with van der Waals surface area (Å²) in [6.45, 7) is 3.40. The van der Waals surface area contributed by atoms with E-state index in [1.807, 2.05) is 38.1 Å². The van der Waals surface area contributed by atoms with E-state index in [1.165, 1.54) is 0 Å². The van der Waals surface area contributed by atoms with Crippen LogP contribution in [-0.2, 0) is 0 Å². The third-order valence-electron chi connectivity index (χ3n) is 2.12. The number of para-hydroxylation sites is 1. The largest absolute Gasteiger partial charge is 0.491 e. The van der Waals surface area contributed by atoms with Gasteiger partial charge in [-0.25, -0.2) is 0 Å². The molecule has 15 heavy (non-hydrogen) atoms. The van der Waals surface area contributed by atoms with Crippen molar-refractivity contribution in [2.24, 2.45) is 0 Å². The van der Waals surface area contributed by atoms with E-state index in [-0.39, 0.29) is 0 Å². The first-order chi connectivity index (χ1) is 7.15. The predicted octanol–water partition coefficient (Wildman–Crippen LogP) is 1.81. The van der Waals surface area contributed by atoms with E-state index in [2.05, 4.69) is 6.07 Å². The van der Waals surface area contributed by atoms with Crippen molar-refractivity contribution in [3.8, 4) is 11.8 Å². The van der Waals surface area contributed by atoms with Gasteiger partial charge in [0.25, 0.3) is 0 Å². The molecule has 0 aliphatic carbocycles. The Kier molecular flexibility index (Phi) is 4.14. The van der Waals surface area contributed by atoms with E-state index >= 15 is 0 Å². The number of nitriles is 1. The number of aryl methyl sites for hydroxylation is 1. The van der Waals surface area contributed by atoms with Gasteiger partial charge in [0, 0.05) is 6.54 Å². The van der Waals surface area contributed by atoms with Crippen LogP contribution in [0.5, 0.6) is 5.75 Å². The van der Waals surface area contributed by atoms with Gasteiger partial charge >= 0.3 is 0 Å². The molecule has 1 aromatic rings. The Hall–Kier alpha value is -1.53. The number of hydrogen-bond acceptors (Lipinski definition) is 3. The average molecular weight is 204 g/mol. The predicted molar refractivity (Wildman–Crippen MR) is 59.9 cm³/mol. The topological polar surface area (TPSA) is 36.3 Å². The SMILES string of the molecule is Cc1cccc(C#N)c1OCCN(C)C. The summed E-state index contributed by atoms with van der Waals surface area (Å²) in [5.74, 6) is 0.710. The highest BCUT2D eigenvalue weighted by Crippen LogP contribution is 2.22. The van der Waals surface area contributed by atoms with Crippen LogP contribution in [0.25, 0.3) is 0 Å². The molecule has 0 spiro atoms. The van der Waals surface area contributed by atoms with Crippen LogP contribution in [0.4, 0.5) is 0 Å². The summed E-state index contributed by atoms with van der Waals surface area (Å²) < 4.78 is 5.61.